The smallest absolute Gasteiger partial charge is 0.351 e. The van der Waals surface area contributed by atoms with Crippen LogP contribution >= 0.6 is 0 Å². The second-order valence-corrected chi connectivity index (χ2v) is 14.4. The number of nitrogens with zero attached hydrogens (tertiary/aromatic N) is 4. The summed E-state index contributed by atoms with van der Waals surface area (Å²) in [6.07, 6.45) is 5.35. The van der Waals surface area contributed by atoms with E-state index in [0.29, 0.717) is 52.0 Å². The average molecular weight is 695 g/mol. The highest BCUT2D eigenvalue weighted by molar-refractivity contribution is 5.91. The molecule has 4 amide bonds. The van der Waals surface area contributed by atoms with Gasteiger partial charge in [0.25, 0.3) is 0 Å². The fraction of sp³-hybridized carbons (Fsp3) is 0.488. The van der Waals surface area contributed by atoms with Crippen LogP contribution in [0.5, 0.6) is 0 Å². The molecular formula is C41H54N6O4. The number of hydrogen-bond donors (Lipinski definition) is 2. The first-order valence-electron chi connectivity index (χ1n) is 18.7. The molecule has 3 aliphatic rings. The standard InChI is InChI=1S/C41H54N6O4/c1-5-31-13-11-29(25-32(31)6-2)27-38(39(48)45-20-15-33-14-12-30(28-44(3)4)26-35(33)16-21-45)43-41(50)51-46-22-18-36(19-23-46)47-24-17-34-9-7-8-10-37(34)42-40(47)49/h7-14,25-26,36,38H,5-6,15-24,27-28H2,1-4H3,(H,42,49)(H,43,50)/t38-/m1/s1. The number of nitrogens with one attached hydrogen (secondary N) is 2. The fourth-order valence-corrected chi connectivity index (χ4v) is 7.87. The SMILES string of the molecule is CCc1ccc(C[C@@H](NC(=O)ON2CCC(N3CCc4ccccc4NC3=O)CC2)C(=O)N2CCc3ccc(CN(C)C)cc3CC2)cc1CC. The van der Waals surface area contributed by atoms with E-state index in [1.165, 1.54) is 27.8 Å². The van der Waals surface area contributed by atoms with Crippen LogP contribution in [0.3, 0.4) is 0 Å². The van der Waals surface area contributed by atoms with Gasteiger partial charge in [0, 0.05) is 57.4 Å². The largest absolute Gasteiger partial charge is 0.426 e. The van der Waals surface area contributed by atoms with Crippen molar-refractivity contribution in [3.05, 3.63) is 99.6 Å². The Hall–Kier alpha value is -4.41. The van der Waals surface area contributed by atoms with Crippen LogP contribution in [0.25, 0.3) is 0 Å². The molecule has 1 saturated heterocycles. The van der Waals surface area contributed by atoms with Gasteiger partial charge in [-0.3, -0.25) is 4.79 Å². The Morgan fingerprint density at radius 2 is 1.55 bits per heavy atom. The summed E-state index contributed by atoms with van der Waals surface area (Å²) in [6, 6.07) is 20.2. The third-order valence-electron chi connectivity index (χ3n) is 10.7. The molecule has 10 nitrogen and oxygen atoms in total. The van der Waals surface area contributed by atoms with Crippen LogP contribution < -0.4 is 10.6 Å². The highest BCUT2D eigenvalue weighted by atomic mass is 16.7. The zero-order chi connectivity index (χ0) is 35.9. The Morgan fingerprint density at radius 1 is 0.843 bits per heavy atom. The quantitative estimate of drug-likeness (QED) is 0.287. The van der Waals surface area contributed by atoms with Crippen LogP contribution in [-0.2, 0) is 54.7 Å². The summed E-state index contributed by atoms with van der Waals surface area (Å²) < 4.78 is 0. The van der Waals surface area contributed by atoms with Crippen LogP contribution in [0.1, 0.15) is 65.6 Å². The van der Waals surface area contributed by atoms with Gasteiger partial charge in [-0.2, -0.15) is 0 Å². The van der Waals surface area contributed by atoms with Gasteiger partial charge in [-0.15, -0.1) is 5.06 Å². The minimum absolute atomic E-state index is 0.0570. The van der Waals surface area contributed by atoms with Gasteiger partial charge in [0.2, 0.25) is 5.91 Å². The molecule has 1 atom stereocenters. The van der Waals surface area contributed by atoms with E-state index in [1.54, 1.807) is 5.06 Å². The van der Waals surface area contributed by atoms with Crippen molar-refractivity contribution in [3.63, 3.8) is 0 Å². The first kappa shape index (κ1) is 36.4. The van der Waals surface area contributed by atoms with Crippen molar-refractivity contribution in [1.29, 1.82) is 0 Å². The third-order valence-corrected chi connectivity index (χ3v) is 10.7. The van der Waals surface area contributed by atoms with Crippen molar-refractivity contribution in [2.75, 3.05) is 52.1 Å². The van der Waals surface area contributed by atoms with Gasteiger partial charge in [0.1, 0.15) is 6.04 Å². The highest BCUT2D eigenvalue weighted by Crippen LogP contribution is 2.25. The van der Waals surface area contributed by atoms with E-state index in [0.717, 1.165) is 55.5 Å². The average Bonchev–Trinajstić information content (AvgIpc) is 3.44. The van der Waals surface area contributed by atoms with Gasteiger partial charge in [0.15, 0.2) is 0 Å². The number of carbonyl (C=O) groups is 3. The zero-order valence-corrected chi connectivity index (χ0v) is 30.7. The molecule has 3 aromatic carbocycles. The van der Waals surface area contributed by atoms with Gasteiger partial charge in [0.05, 0.1) is 0 Å². The number of para-hydroxylation sites is 1. The van der Waals surface area contributed by atoms with E-state index in [9.17, 15) is 14.4 Å². The summed E-state index contributed by atoms with van der Waals surface area (Å²) in [4.78, 5) is 52.7. The topological polar surface area (TPSA) is 97.5 Å². The second-order valence-electron chi connectivity index (χ2n) is 14.4. The molecule has 0 aliphatic carbocycles. The Bertz CT molecular complexity index is 1700. The Labute approximate surface area is 303 Å². The van der Waals surface area contributed by atoms with Crippen molar-refractivity contribution in [3.8, 4) is 0 Å². The summed E-state index contributed by atoms with van der Waals surface area (Å²) in [5, 5.41) is 7.70. The molecule has 0 aromatic heterocycles. The molecule has 0 radical (unpaired) electrons. The number of aryl methyl sites for hydroxylation is 2. The molecule has 3 aromatic rings. The molecule has 0 saturated carbocycles. The lowest BCUT2D eigenvalue weighted by molar-refractivity contribution is -0.135. The molecule has 10 heteroatoms. The van der Waals surface area contributed by atoms with E-state index < -0.39 is 12.1 Å². The van der Waals surface area contributed by atoms with Crippen LogP contribution in [0.4, 0.5) is 15.3 Å². The summed E-state index contributed by atoms with van der Waals surface area (Å²) >= 11 is 0. The van der Waals surface area contributed by atoms with E-state index >= 15 is 0 Å². The maximum absolute atomic E-state index is 14.3. The number of urea groups is 1. The Morgan fingerprint density at radius 3 is 2.29 bits per heavy atom. The normalized spacial score (nSPS) is 17.5. The maximum atomic E-state index is 14.3. The molecule has 3 aliphatic heterocycles. The second kappa shape index (κ2) is 16.7. The van der Waals surface area contributed by atoms with Gasteiger partial charge in [-0.25, -0.2) is 9.59 Å². The zero-order valence-electron chi connectivity index (χ0n) is 30.7. The minimum atomic E-state index is -0.764. The number of hydrogen-bond acceptors (Lipinski definition) is 6. The van der Waals surface area contributed by atoms with Crippen LogP contribution in [0, 0.1) is 0 Å². The summed E-state index contributed by atoms with van der Waals surface area (Å²) in [5.41, 5.74) is 9.46. The van der Waals surface area contributed by atoms with Crippen LogP contribution in [0.2, 0.25) is 0 Å². The maximum Gasteiger partial charge on any atom is 0.426 e. The van der Waals surface area contributed by atoms with Gasteiger partial charge in [-0.1, -0.05) is 68.4 Å². The molecule has 0 bridgehead atoms. The number of hydroxylamine groups is 2. The predicted molar refractivity (Wildman–Crippen MR) is 201 cm³/mol. The van der Waals surface area contributed by atoms with Crippen molar-refractivity contribution in [2.45, 2.75) is 83.8 Å². The van der Waals surface area contributed by atoms with E-state index in [-0.39, 0.29) is 18.0 Å². The van der Waals surface area contributed by atoms with Crippen molar-refractivity contribution in [1.82, 2.24) is 25.1 Å². The predicted octanol–water partition coefficient (Wildman–Crippen LogP) is 5.61. The lowest BCUT2D eigenvalue weighted by atomic mass is 9.96. The number of rotatable bonds is 10. The Balaban J connectivity index is 1.09. The number of amides is 4. The van der Waals surface area contributed by atoms with Crippen molar-refractivity contribution < 1.29 is 19.2 Å². The highest BCUT2D eigenvalue weighted by Gasteiger charge is 2.33. The van der Waals surface area contributed by atoms with Gasteiger partial charge in [-0.05, 0) is 104 Å². The van der Waals surface area contributed by atoms with E-state index in [1.807, 2.05) is 28.0 Å². The molecule has 6 rings (SSSR count). The number of carbonyl (C=O) groups excluding carboxylic acids is 3. The van der Waals surface area contributed by atoms with E-state index in [2.05, 4.69) is 85.9 Å². The lowest BCUT2D eigenvalue weighted by Gasteiger charge is -2.37. The Kier molecular flexibility index (Phi) is 11.9. The van der Waals surface area contributed by atoms with Crippen LogP contribution in [-0.4, -0.2) is 96.7 Å². The summed E-state index contributed by atoms with van der Waals surface area (Å²) in [6.45, 7) is 8.04. The summed E-state index contributed by atoms with van der Waals surface area (Å²) in [5.74, 6) is -0.0854. The molecular weight excluding hydrogens is 640 g/mol. The lowest BCUT2D eigenvalue weighted by Crippen LogP contribution is -2.53. The fourth-order valence-electron chi connectivity index (χ4n) is 7.87. The molecule has 1 fully saturated rings. The number of anilines is 1. The molecule has 3 heterocycles. The molecule has 272 valence electrons. The number of piperidine rings is 1. The first-order valence-corrected chi connectivity index (χ1v) is 18.7. The van der Waals surface area contributed by atoms with Gasteiger partial charge >= 0.3 is 12.1 Å². The molecule has 0 unspecified atom stereocenters. The summed E-state index contributed by atoms with van der Waals surface area (Å²) in [7, 11) is 4.14. The molecule has 2 N–H and O–H groups in total. The monoisotopic (exact) mass is 694 g/mol. The van der Waals surface area contributed by atoms with Crippen molar-refractivity contribution >= 4 is 23.7 Å². The van der Waals surface area contributed by atoms with Crippen LogP contribution in [0.15, 0.2) is 60.7 Å². The van der Waals surface area contributed by atoms with Crippen molar-refractivity contribution in [2.24, 2.45) is 0 Å². The minimum Gasteiger partial charge on any atom is -0.351 e. The number of benzene rings is 3. The first-order chi connectivity index (χ1) is 24.7. The third kappa shape index (κ3) is 9.10. The number of fused-ring (bicyclic) bond motifs is 2. The molecule has 0 spiro atoms. The van der Waals surface area contributed by atoms with Gasteiger partial charge < -0.3 is 30.2 Å². The van der Waals surface area contributed by atoms with E-state index in [4.69, 9.17) is 4.84 Å². The molecule has 51 heavy (non-hydrogen) atoms.